The van der Waals surface area contributed by atoms with Crippen molar-refractivity contribution in [3.63, 3.8) is 0 Å². The van der Waals surface area contributed by atoms with Gasteiger partial charge in [0.15, 0.2) is 0 Å². The summed E-state index contributed by atoms with van der Waals surface area (Å²) in [4.78, 5) is 12.0. The summed E-state index contributed by atoms with van der Waals surface area (Å²) < 4.78 is 24.9. The van der Waals surface area contributed by atoms with E-state index in [1.165, 1.54) is 12.1 Å². The molecule has 134 valence electrons. The Labute approximate surface area is 159 Å². The van der Waals surface area contributed by atoms with Crippen LogP contribution in [0.4, 0.5) is 4.39 Å². The average molecular weight is 381 g/mol. The summed E-state index contributed by atoms with van der Waals surface area (Å²) in [5.41, 5.74) is 2.07. The number of hydrogen-bond donors (Lipinski definition) is 0. The van der Waals surface area contributed by atoms with E-state index in [0.29, 0.717) is 21.9 Å². The van der Waals surface area contributed by atoms with Crippen LogP contribution in [-0.4, -0.2) is 0 Å². The van der Waals surface area contributed by atoms with Crippen molar-refractivity contribution in [1.29, 1.82) is 0 Å². The van der Waals surface area contributed by atoms with Crippen LogP contribution in [-0.2, 0) is 6.61 Å². The second-order valence-corrected chi connectivity index (χ2v) is 6.46. The molecule has 27 heavy (non-hydrogen) atoms. The molecule has 4 aromatic rings. The van der Waals surface area contributed by atoms with Gasteiger partial charge in [-0.2, -0.15) is 0 Å². The van der Waals surface area contributed by atoms with Gasteiger partial charge in [0.25, 0.3) is 0 Å². The van der Waals surface area contributed by atoms with Crippen LogP contribution in [0.1, 0.15) is 5.56 Å². The van der Waals surface area contributed by atoms with Crippen LogP contribution in [0.2, 0.25) is 5.02 Å². The molecule has 0 N–H and O–H groups in total. The molecule has 0 saturated carbocycles. The second-order valence-electron chi connectivity index (χ2n) is 6.03. The lowest BCUT2D eigenvalue weighted by atomic mass is 10.0. The van der Waals surface area contributed by atoms with Crippen LogP contribution >= 0.6 is 11.6 Å². The van der Waals surface area contributed by atoms with Crippen LogP contribution in [0, 0.1) is 5.82 Å². The van der Waals surface area contributed by atoms with Crippen molar-refractivity contribution in [2.24, 2.45) is 0 Å². The highest BCUT2D eigenvalue weighted by molar-refractivity contribution is 6.30. The van der Waals surface area contributed by atoms with E-state index >= 15 is 0 Å². The van der Waals surface area contributed by atoms with Gasteiger partial charge in [0.2, 0.25) is 0 Å². The molecule has 5 heteroatoms. The fourth-order valence-corrected chi connectivity index (χ4v) is 3.05. The molecule has 0 aliphatic carbocycles. The van der Waals surface area contributed by atoms with E-state index < -0.39 is 11.4 Å². The van der Waals surface area contributed by atoms with Crippen LogP contribution in [0.25, 0.3) is 22.1 Å². The average Bonchev–Trinajstić information content (AvgIpc) is 2.67. The highest BCUT2D eigenvalue weighted by Gasteiger charge is 2.10. The summed E-state index contributed by atoms with van der Waals surface area (Å²) in [5, 5.41) is 1.13. The summed E-state index contributed by atoms with van der Waals surface area (Å²) in [7, 11) is 0. The Balaban J connectivity index is 1.67. The predicted molar refractivity (Wildman–Crippen MR) is 104 cm³/mol. The van der Waals surface area contributed by atoms with Gasteiger partial charge in [-0.05, 0) is 35.4 Å². The maximum absolute atomic E-state index is 13.9. The number of ether oxygens (including phenoxy) is 1. The van der Waals surface area contributed by atoms with E-state index in [1.807, 2.05) is 36.4 Å². The third kappa shape index (κ3) is 3.71. The molecule has 0 unspecified atom stereocenters. The van der Waals surface area contributed by atoms with Gasteiger partial charge >= 0.3 is 5.63 Å². The second kappa shape index (κ2) is 7.25. The van der Waals surface area contributed by atoms with Crippen LogP contribution in [0.3, 0.4) is 0 Å². The SMILES string of the molecule is O=c1cc(-c2ccccc2)c2ccc(OCc3ccc(Cl)cc3F)cc2o1. The zero-order valence-electron chi connectivity index (χ0n) is 14.1. The van der Waals surface area contributed by atoms with Crippen molar-refractivity contribution >= 4 is 22.6 Å². The minimum absolute atomic E-state index is 0.0388. The number of halogens is 2. The van der Waals surface area contributed by atoms with Crippen molar-refractivity contribution in [3.8, 4) is 16.9 Å². The van der Waals surface area contributed by atoms with Gasteiger partial charge in [-0.3, -0.25) is 0 Å². The Morgan fingerprint density at radius 1 is 0.963 bits per heavy atom. The Bertz CT molecular complexity index is 1170. The minimum atomic E-state index is -0.442. The van der Waals surface area contributed by atoms with Gasteiger partial charge < -0.3 is 9.15 Å². The monoisotopic (exact) mass is 380 g/mol. The van der Waals surface area contributed by atoms with Crippen molar-refractivity contribution in [3.05, 3.63) is 99.6 Å². The lowest BCUT2D eigenvalue weighted by Gasteiger charge is -2.10. The smallest absolute Gasteiger partial charge is 0.336 e. The summed E-state index contributed by atoms with van der Waals surface area (Å²) in [6.07, 6.45) is 0. The third-order valence-corrected chi connectivity index (χ3v) is 4.45. The molecular weight excluding hydrogens is 367 g/mol. The first kappa shape index (κ1) is 17.3. The molecule has 0 saturated heterocycles. The van der Waals surface area contributed by atoms with Crippen LogP contribution in [0.5, 0.6) is 5.75 Å². The van der Waals surface area contributed by atoms with Crippen molar-refractivity contribution in [2.45, 2.75) is 6.61 Å². The van der Waals surface area contributed by atoms with Crippen LogP contribution < -0.4 is 10.4 Å². The van der Waals surface area contributed by atoms with E-state index in [0.717, 1.165) is 16.5 Å². The molecule has 3 nitrogen and oxygen atoms in total. The maximum atomic E-state index is 13.9. The predicted octanol–water partition coefficient (Wildman–Crippen LogP) is 5.83. The summed E-state index contributed by atoms with van der Waals surface area (Å²) >= 11 is 5.76. The summed E-state index contributed by atoms with van der Waals surface area (Å²) in [5.74, 6) is 0.0476. The highest BCUT2D eigenvalue weighted by Crippen LogP contribution is 2.30. The molecule has 0 radical (unpaired) electrons. The summed E-state index contributed by atoms with van der Waals surface area (Å²) in [6.45, 7) is 0.0388. The first-order valence-corrected chi connectivity index (χ1v) is 8.68. The Kier molecular flexibility index (Phi) is 4.65. The molecule has 0 atom stereocenters. The number of hydrogen-bond acceptors (Lipinski definition) is 3. The summed E-state index contributed by atoms with van der Waals surface area (Å²) in [6, 6.07) is 20.7. The molecule has 0 fully saturated rings. The highest BCUT2D eigenvalue weighted by atomic mass is 35.5. The molecule has 0 amide bonds. The lowest BCUT2D eigenvalue weighted by Crippen LogP contribution is -2.00. The molecule has 4 rings (SSSR count). The normalized spacial score (nSPS) is 10.9. The standard InChI is InChI=1S/C22H14ClFO3/c23-16-7-6-15(20(24)10-16)13-26-17-8-9-18-19(14-4-2-1-3-5-14)12-22(25)27-21(18)11-17/h1-12H,13H2. The van der Waals surface area contributed by atoms with Gasteiger partial charge in [-0.15, -0.1) is 0 Å². The van der Waals surface area contributed by atoms with E-state index in [4.69, 9.17) is 20.8 Å². The van der Waals surface area contributed by atoms with Gasteiger partial charge in [-0.1, -0.05) is 48.0 Å². The lowest BCUT2D eigenvalue weighted by molar-refractivity contribution is 0.300. The van der Waals surface area contributed by atoms with Crippen molar-refractivity contribution in [1.82, 2.24) is 0 Å². The quantitative estimate of drug-likeness (QED) is 0.418. The topological polar surface area (TPSA) is 39.4 Å². The van der Waals surface area contributed by atoms with E-state index in [2.05, 4.69) is 0 Å². The van der Waals surface area contributed by atoms with Gasteiger partial charge in [0.05, 0.1) is 0 Å². The first-order valence-electron chi connectivity index (χ1n) is 8.30. The molecule has 1 aromatic heterocycles. The van der Waals surface area contributed by atoms with Crippen molar-refractivity contribution < 1.29 is 13.5 Å². The molecule has 0 aliphatic rings. The molecule has 0 bridgehead atoms. The zero-order valence-corrected chi connectivity index (χ0v) is 14.9. The first-order chi connectivity index (χ1) is 13.1. The Morgan fingerprint density at radius 2 is 1.78 bits per heavy atom. The van der Waals surface area contributed by atoms with E-state index in [9.17, 15) is 9.18 Å². The maximum Gasteiger partial charge on any atom is 0.336 e. The van der Waals surface area contributed by atoms with E-state index in [1.54, 1.807) is 24.3 Å². The molecule has 0 aliphatic heterocycles. The fraction of sp³-hybridized carbons (Fsp3) is 0.0455. The number of benzene rings is 3. The number of rotatable bonds is 4. The molecule has 3 aromatic carbocycles. The zero-order chi connectivity index (χ0) is 18.8. The van der Waals surface area contributed by atoms with Gasteiger partial charge in [0.1, 0.15) is 23.8 Å². The van der Waals surface area contributed by atoms with Crippen molar-refractivity contribution in [2.75, 3.05) is 0 Å². The fourth-order valence-electron chi connectivity index (χ4n) is 2.89. The number of fused-ring (bicyclic) bond motifs is 1. The minimum Gasteiger partial charge on any atom is -0.489 e. The molecule has 1 heterocycles. The van der Waals surface area contributed by atoms with Gasteiger partial charge in [0, 0.05) is 28.1 Å². The Hall–Kier alpha value is -3.11. The molecular formula is C22H14ClFO3. The molecule has 0 spiro atoms. The van der Waals surface area contributed by atoms with Gasteiger partial charge in [-0.25, -0.2) is 9.18 Å². The van der Waals surface area contributed by atoms with Crippen LogP contribution in [0.15, 0.2) is 82.0 Å². The Morgan fingerprint density at radius 3 is 2.56 bits per heavy atom. The van der Waals surface area contributed by atoms with E-state index in [-0.39, 0.29) is 6.61 Å². The third-order valence-electron chi connectivity index (χ3n) is 4.21. The largest absolute Gasteiger partial charge is 0.489 e.